The van der Waals surface area contributed by atoms with Gasteiger partial charge in [-0.2, -0.15) is 0 Å². The molecule has 0 aromatic heterocycles. The lowest BCUT2D eigenvalue weighted by atomic mass is 9.66. The molecule has 1 fully saturated rings. The van der Waals surface area contributed by atoms with Gasteiger partial charge in [-0.1, -0.05) is 42.8 Å². The van der Waals surface area contributed by atoms with E-state index in [9.17, 15) is 13.5 Å². The van der Waals surface area contributed by atoms with E-state index in [2.05, 4.69) is 12.1 Å². The molecule has 2 aliphatic rings. The fourth-order valence-corrected chi connectivity index (χ4v) is 4.78. The molecule has 3 N–H and O–H groups in total. The molecule has 4 rings (SSSR count). The van der Waals surface area contributed by atoms with Gasteiger partial charge in [0.15, 0.2) is 0 Å². The summed E-state index contributed by atoms with van der Waals surface area (Å²) in [6.45, 7) is 0.0468. The molecule has 1 spiro atoms. The number of nitrogens with two attached hydrogens (primary N) is 1. The molecular weight excluding hydrogens is 346 g/mol. The maximum atomic E-state index is 11.5. The van der Waals surface area contributed by atoms with Crippen molar-refractivity contribution in [2.45, 2.75) is 43.6 Å². The van der Waals surface area contributed by atoms with Crippen molar-refractivity contribution in [2.75, 3.05) is 0 Å². The lowest BCUT2D eigenvalue weighted by Gasteiger charge is -2.39. The Labute approximate surface area is 154 Å². The number of hydrogen-bond donors (Lipinski definition) is 2. The third-order valence-corrected chi connectivity index (χ3v) is 6.83. The average Bonchev–Trinajstić information content (AvgIpc) is 3.03. The van der Waals surface area contributed by atoms with E-state index in [4.69, 9.17) is 5.14 Å². The van der Waals surface area contributed by atoms with E-state index in [1.807, 2.05) is 24.3 Å². The van der Waals surface area contributed by atoms with Gasteiger partial charge in [-0.3, -0.25) is 0 Å². The summed E-state index contributed by atoms with van der Waals surface area (Å²) >= 11 is 0. The third kappa shape index (κ3) is 3.11. The predicted molar refractivity (Wildman–Crippen MR) is 103 cm³/mol. The monoisotopic (exact) mass is 369 g/mol. The minimum Gasteiger partial charge on any atom is -0.392 e. The highest BCUT2D eigenvalue weighted by molar-refractivity contribution is 7.89. The van der Waals surface area contributed by atoms with Crippen LogP contribution in [0.15, 0.2) is 53.4 Å². The second-order valence-electron chi connectivity index (χ2n) is 7.59. The number of aliphatic hydroxyl groups excluding tert-OH is 1. The molecule has 26 heavy (non-hydrogen) atoms. The number of aliphatic hydroxyl groups is 1. The summed E-state index contributed by atoms with van der Waals surface area (Å²) in [5, 5.41) is 14.5. The van der Waals surface area contributed by atoms with Crippen LogP contribution in [0.25, 0.3) is 11.1 Å². The van der Waals surface area contributed by atoms with Gasteiger partial charge in [-0.05, 0) is 71.1 Å². The van der Waals surface area contributed by atoms with Crippen LogP contribution in [0, 0.1) is 5.41 Å². The maximum absolute atomic E-state index is 11.5. The van der Waals surface area contributed by atoms with Crippen LogP contribution in [0.1, 0.15) is 48.8 Å². The minimum atomic E-state index is -3.67. The van der Waals surface area contributed by atoms with Crippen LogP contribution in [0.4, 0.5) is 0 Å². The molecular formula is C21H23NO3S. The third-order valence-electron chi connectivity index (χ3n) is 5.90. The smallest absolute Gasteiger partial charge is 0.238 e. The summed E-state index contributed by atoms with van der Waals surface area (Å²) in [7, 11) is -3.67. The van der Waals surface area contributed by atoms with E-state index in [1.165, 1.54) is 36.0 Å². The fraction of sp³-hybridized carbons (Fsp3) is 0.333. The first-order chi connectivity index (χ1) is 12.4. The molecule has 5 heteroatoms. The molecule has 0 heterocycles. The van der Waals surface area contributed by atoms with Crippen molar-refractivity contribution in [1.29, 1.82) is 0 Å². The van der Waals surface area contributed by atoms with Crippen LogP contribution in [-0.4, -0.2) is 13.5 Å². The van der Waals surface area contributed by atoms with Crippen molar-refractivity contribution in [3.63, 3.8) is 0 Å². The van der Waals surface area contributed by atoms with Crippen molar-refractivity contribution in [3.8, 4) is 0 Å². The summed E-state index contributed by atoms with van der Waals surface area (Å²) in [6.07, 6.45) is 5.90. The zero-order valence-electron chi connectivity index (χ0n) is 14.6. The highest BCUT2D eigenvalue weighted by Crippen LogP contribution is 2.59. The van der Waals surface area contributed by atoms with Gasteiger partial charge in [0.25, 0.3) is 0 Å². The SMILES string of the molecule is NS(=O)(=O)c1ccc(C2=C(c3ccc(CO)cc3)CC3(CCC3)C2)cc1. The summed E-state index contributed by atoms with van der Waals surface area (Å²) < 4.78 is 23.0. The van der Waals surface area contributed by atoms with Crippen LogP contribution in [0.5, 0.6) is 0 Å². The lowest BCUT2D eigenvalue weighted by molar-refractivity contribution is 0.157. The Morgan fingerprint density at radius 3 is 1.77 bits per heavy atom. The molecule has 2 aromatic carbocycles. The maximum Gasteiger partial charge on any atom is 0.238 e. The Morgan fingerprint density at radius 2 is 1.38 bits per heavy atom. The van der Waals surface area contributed by atoms with Crippen molar-refractivity contribution in [1.82, 2.24) is 0 Å². The number of rotatable bonds is 4. The second kappa shape index (κ2) is 6.34. The molecule has 0 bridgehead atoms. The average molecular weight is 369 g/mol. The standard InChI is InChI=1S/C21H23NO3S/c22-26(24,25)18-8-6-17(7-9-18)20-13-21(10-1-11-21)12-19(20)16-4-2-15(14-23)3-5-16/h2-9,23H,1,10-14H2,(H2,22,24,25). The van der Waals surface area contributed by atoms with E-state index in [0.717, 1.165) is 24.0 Å². The van der Waals surface area contributed by atoms with E-state index in [-0.39, 0.29) is 11.5 Å². The molecule has 0 unspecified atom stereocenters. The van der Waals surface area contributed by atoms with Gasteiger partial charge in [0.1, 0.15) is 0 Å². The number of sulfonamides is 1. The number of primary sulfonamides is 1. The predicted octanol–water partition coefficient (Wildman–Crippen LogP) is 3.70. The first-order valence-corrected chi connectivity index (χ1v) is 10.5. The lowest BCUT2D eigenvalue weighted by Crippen LogP contribution is -2.26. The highest BCUT2D eigenvalue weighted by atomic mass is 32.2. The second-order valence-corrected chi connectivity index (χ2v) is 9.15. The molecule has 0 atom stereocenters. The van der Waals surface area contributed by atoms with Crippen LogP contribution < -0.4 is 5.14 Å². The van der Waals surface area contributed by atoms with Crippen LogP contribution in [-0.2, 0) is 16.6 Å². The van der Waals surface area contributed by atoms with Gasteiger partial charge in [0.2, 0.25) is 10.0 Å². The summed E-state index contributed by atoms with van der Waals surface area (Å²) in [5.41, 5.74) is 6.20. The summed E-state index contributed by atoms with van der Waals surface area (Å²) in [6, 6.07) is 15.0. The van der Waals surface area contributed by atoms with Crippen LogP contribution >= 0.6 is 0 Å². The molecule has 0 aliphatic heterocycles. The van der Waals surface area contributed by atoms with Crippen LogP contribution in [0.2, 0.25) is 0 Å². The summed E-state index contributed by atoms with van der Waals surface area (Å²) in [4.78, 5) is 0.145. The number of benzene rings is 2. The molecule has 2 aliphatic carbocycles. The van der Waals surface area contributed by atoms with Gasteiger partial charge in [-0.15, -0.1) is 0 Å². The molecule has 1 saturated carbocycles. The quantitative estimate of drug-likeness (QED) is 0.862. The van der Waals surface area contributed by atoms with E-state index < -0.39 is 10.0 Å². The van der Waals surface area contributed by atoms with Crippen molar-refractivity contribution < 1.29 is 13.5 Å². The number of hydrogen-bond acceptors (Lipinski definition) is 3. The Balaban J connectivity index is 1.75. The normalized spacial score (nSPS) is 19.0. The molecule has 4 nitrogen and oxygen atoms in total. The van der Waals surface area contributed by atoms with E-state index in [0.29, 0.717) is 5.41 Å². The Morgan fingerprint density at radius 1 is 0.885 bits per heavy atom. The summed E-state index contributed by atoms with van der Waals surface area (Å²) in [5.74, 6) is 0. The first kappa shape index (κ1) is 17.5. The zero-order chi connectivity index (χ0) is 18.4. The topological polar surface area (TPSA) is 80.4 Å². The van der Waals surface area contributed by atoms with Gasteiger partial charge >= 0.3 is 0 Å². The molecule has 2 aromatic rings. The largest absolute Gasteiger partial charge is 0.392 e. The minimum absolute atomic E-state index is 0.0468. The molecule has 136 valence electrons. The molecule has 0 amide bonds. The van der Waals surface area contributed by atoms with Crippen molar-refractivity contribution in [3.05, 3.63) is 65.2 Å². The number of allylic oxidation sites excluding steroid dienone is 2. The van der Waals surface area contributed by atoms with E-state index >= 15 is 0 Å². The van der Waals surface area contributed by atoms with Gasteiger partial charge in [0.05, 0.1) is 11.5 Å². The van der Waals surface area contributed by atoms with Gasteiger partial charge < -0.3 is 5.11 Å². The van der Waals surface area contributed by atoms with Crippen molar-refractivity contribution >= 4 is 21.2 Å². The Hall–Kier alpha value is -1.95. The Bertz CT molecular complexity index is 953. The van der Waals surface area contributed by atoms with Crippen molar-refractivity contribution in [2.24, 2.45) is 10.6 Å². The zero-order valence-corrected chi connectivity index (χ0v) is 15.4. The molecule has 0 radical (unpaired) electrons. The first-order valence-electron chi connectivity index (χ1n) is 8.96. The fourth-order valence-electron chi connectivity index (χ4n) is 4.27. The van der Waals surface area contributed by atoms with E-state index in [1.54, 1.807) is 12.1 Å². The Kier molecular flexibility index (Phi) is 4.26. The van der Waals surface area contributed by atoms with Gasteiger partial charge in [-0.25, -0.2) is 13.6 Å². The molecule has 0 saturated heterocycles. The highest BCUT2D eigenvalue weighted by Gasteiger charge is 2.43. The van der Waals surface area contributed by atoms with Crippen LogP contribution in [0.3, 0.4) is 0 Å². The van der Waals surface area contributed by atoms with Gasteiger partial charge in [0, 0.05) is 0 Å².